The van der Waals surface area contributed by atoms with Crippen molar-refractivity contribution in [2.24, 2.45) is 5.73 Å². The van der Waals surface area contributed by atoms with E-state index in [1.807, 2.05) is 0 Å². The van der Waals surface area contributed by atoms with Crippen LogP contribution in [0.15, 0.2) is 12.1 Å². The highest BCUT2D eigenvalue weighted by Crippen LogP contribution is 2.28. The van der Waals surface area contributed by atoms with Crippen LogP contribution in [0.2, 0.25) is 10.0 Å². The minimum Gasteiger partial charge on any atom is -0.387 e. The first-order valence-corrected chi connectivity index (χ1v) is 4.77. The number of aliphatic hydroxyl groups excluding tert-OH is 1. The molecule has 0 aliphatic rings. The Hall–Kier alpha value is -0.350. The number of nitrogens with two attached hydrogens (primary N) is 1. The Balaban J connectivity index is 3.12. The van der Waals surface area contributed by atoms with Crippen molar-refractivity contribution in [3.05, 3.63) is 33.6 Å². The Morgan fingerprint density at radius 1 is 1.36 bits per heavy atom. The molecule has 0 unspecified atom stereocenters. The van der Waals surface area contributed by atoms with E-state index in [0.29, 0.717) is 5.56 Å². The first-order chi connectivity index (χ1) is 6.43. The lowest BCUT2D eigenvalue weighted by atomic mass is 10.0. The van der Waals surface area contributed by atoms with Crippen molar-refractivity contribution in [2.75, 3.05) is 0 Å². The minimum absolute atomic E-state index is 0.118. The molecule has 3 N–H and O–H groups in total. The van der Waals surface area contributed by atoms with Crippen molar-refractivity contribution in [3.8, 4) is 0 Å². The predicted molar refractivity (Wildman–Crippen MR) is 55.0 cm³/mol. The molecular weight excluding hydrogens is 228 g/mol. The summed E-state index contributed by atoms with van der Waals surface area (Å²) in [5.74, 6) is -0.686. The van der Waals surface area contributed by atoms with E-state index in [0.717, 1.165) is 0 Å². The highest BCUT2D eigenvalue weighted by Gasteiger charge is 2.16. The third-order valence-corrected chi connectivity index (χ3v) is 2.40. The Morgan fingerprint density at radius 3 is 2.14 bits per heavy atom. The molecule has 0 aliphatic heterocycles. The van der Waals surface area contributed by atoms with E-state index in [-0.39, 0.29) is 10.0 Å². The Morgan fingerprint density at radius 2 is 1.79 bits per heavy atom. The van der Waals surface area contributed by atoms with E-state index in [2.05, 4.69) is 0 Å². The summed E-state index contributed by atoms with van der Waals surface area (Å²) < 4.78 is 13.0. The molecule has 0 amide bonds. The molecule has 2 nitrogen and oxygen atoms in total. The van der Waals surface area contributed by atoms with E-state index in [1.165, 1.54) is 12.1 Å². The maximum atomic E-state index is 13.0. The maximum Gasteiger partial charge on any atom is 0.160 e. The minimum atomic E-state index is -0.898. The monoisotopic (exact) mass is 237 g/mol. The van der Waals surface area contributed by atoms with Gasteiger partial charge in [-0.1, -0.05) is 23.2 Å². The van der Waals surface area contributed by atoms with Crippen molar-refractivity contribution in [3.63, 3.8) is 0 Å². The van der Waals surface area contributed by atoms with Crippen molar-refractivity contribution < 1.29 is 9.50 Å². The van der Waals surface area contributed by atoms with Gasteiger partial charge in [-0.25, -0.2) is 4.39 Å². The number of rotatable bonds is 2. The Kier molecular flexibility index (Phi) is 3.72. The van der Waals surface area contributed by atoms with Gasteiger partial charge < -0.3 is 10.8 Å². The quantitative estimate of drug-likeness (QED) is 0.777. The maximum absolute atomic E-state index is 13.0. The molecule has 0 fully saturated rings. The van der Waals surface area contributed by atoms with Crippen molar-refractivity contribution in [2.45, 2.75) is 19.1 Å². The molecule has 0 radical (unpaired) electrons. The summed E-state index contributed by atoms with van der Waals surface area (Å²) in [6, 6.07) is 2.17. The Labute approximate surface area is 91.4 Å². The van der Waals surface area contributed by atoms with E-state index >= 15 is 0 Å². The fourth-order valence-corrected chi connectivity index (χ4v) is 1.55. The predicted octanol–water partition coefficient (Wildman–Crippen LogP) is 2.51. The Bertz CT molecular complexity index is 321. The zero-order valence-corrected chi connectivity index (χ0v) is 8.98. The summed E-state index contributed by atoms with van der Waals surface area (Å²) in [6.45, 7) is 1.63. The number of hydrogen-bond donors (Lipinski definition) is 2. The van der Waals surface area contributed by atoms with Crippen molar-refractivity contribution in [1.29, 1.82) is 0 Å². The second kappa shape index (κ2) is 4.45. The van der Waals surface area contributed by atoms with Gasteiger partial charge in [0.25, 0.3) is 0 Å². The number of halogens is 3. The van der Waals surface area contributed by atoms with Crippen LogP contribution in [0.4, 0.5) is 4.39 Å². The lowest BCUT2D eigenvalue weighted by Gasteiger charge is -2.15. The molecule has 14 heavy (non-hydrogen) atoms. The number of aliphatic hydroxyl groups is 1. The fourth-order valence-electron chi connectivity index (χ4n) is 1.05. The molecular formula is C9H10Cl2FNO. The molecule has 1 aromatic rings. The molecule has 1 rings (SSSR count). The standard InChI is InChI=1S/C9H10Cl2FNO/c1-4(13)9(14)5-2-6(10)8(12)7(11)3-5/h2-4,9,14H,13H2,1H3/t4-,9-/m1/s1. The first-order valence-electron chi connectivity index (χ1n) is 4.01. The van der Waals surface area contributed by atoms with Gasteiger partial charge in [-0.15, -0.1) is 0 Å². The average Bonchev–Trinajstić information content (AvgIpc) is 2.12. The molecule has 0 saturated carbocycles. The smallest absolute Gasteiger partial charge is 0.160 e. The molecule has 1 aromatic carbocycles. The van der Waals surface area contributed by atoms with Crippen LogP contribution in [0.3, 0.4) is 0 Å². The van der Waals surface area contributed by atoms with Gasteiger partial charge in [0.05, 0.1) is 16.1 Å². The molecule has 0 saturated heterocycles. The van der Waals surface area contributed by atoms with Crippen LogP contribution < -0.4 is 5.73 Å². The third kappa shape index (κ3) is 2.36. The van der Waals surface area contributed by atoms with Gasteiger partial charge in [-0.3, -0.25) is 0 Å². The highest BCUT2D eigenvalue weighted by molar-refractivity contribution is 6.35. The normalized spacial score (nSPS) is 15.3. The lowest BCUT2D eigenvalue weighted by Crippen LogP contribution is -2.24. The van der Waals surface area contributed by atoms with Gasteiger partial charge in [-0.05, 0) is 24.6 Å². The van der Waals surface area contributed by atoms with Gasteiger partial charge >= 0.3 is 0 Å². The number of benzene rings is 1. The molecule has 0 aromatic heterocycles. The van der Waals surface area contributed by atoms with Crippen molar-refractivity contribution in [1.82, 2.24) is 0 Å². The summed E-state index contributed by atoms with van der Waals surface area (Å²) in [6.07, 6.45) is -0.898. The largest absolute Gasteiger partial charge is 0.387 e. The van der Waals surface area contributed by atoms with Crippen LogP contribution in [-0.4, -0.2) is 11.1 Å². The van der Waals surface area contributed by atoms with Crippen LogP contribution in [0.5, 0.6) is 0 Å². The van der Waals surface area contributed by atoms with E-state index in [4.69, 9.17) is 28.9 Å². The summed E-state index contributed by atoms with van der Waals surface area (Å²) in [5.41, 5.74) is 5.89. The van der Waals surface area contributed by atoms with Crippen LogP contribution >= 0.6 is 23.2 Å². The summed E-state index contributed by atoms with van der Waals surface area (Å²) >= 11 is 11.1. The molecule has 5 heteroatoms. The second-order valence-corrected chi connectivity index (χ2v) is 3.92. The summed E-state index contributed by atoms with van der Waals surface area (Å²) in [5, 5.41) is 9.34. The van der Waals surface area contributed by atoms with Crippen molar-refractivity contribution >= 4 is 23.2 Å². The van der Waals surface area contributed by atoms with E-state index in [1.54, 1.807) is 6.92 Å². The molecule has 2 atom stereocenters. The van der Waals surface area contributed by atoms with E-state index in [9.17, 15) is 9.50 Å². The van der Waals surface area contributed by atoms with Crippen LogP contribution in [0.25, 0.3) is 0 Å². The van der Waals surface area contributed by atoms with Crippen LogP contribution in [-0.2, 0) is 0 Å². The fraction of sp³-hybridized carbons (Fsp3) is 0.333. The summed E-state index contributed by atoms with van der Waals surface area (Å²) in [7, 11) is 0. The molecule has 0 heterocycles. The SMILES string of the molecule is C[C@@H](N)[C@@H](O)c1cc(Cl)c(F)c(Cl)c1. The topological polar surface area (TPSA) is 46.2 Å². The third-order valence-electron chi connectivity index (χ3n) is 1.85. The average molecular weight is 238 g/mol. The van der Waals surface area contributed by atoms with Gasteiger partial charge in [0.15, 0.2) is 5.82 Å². The number of hydrogen-bond acceptors (Lipinski definition) is 2. The second-order valence-electron chi connectivity index (χ2n) is 3.10. The molecule has 0 bridgehead atoms. The highest BCUT2D eigenvalue weighted by atomic mass is 35.5. The van der Waals surface area contributed by atoms with Crippen LogP contribution in [0, 0.1) is 5.82 Å². The summed E-state index contributed by atoms with van der Waals surface area (Å²) in [4.78, 5) is 0. The lowest BCUT2D eigenvalue weighted by molar-refractivity contribution is 0.153. The molecule has 0 spiro atoms. The zero-order chi connectivity index (χ0) is 10.9. The van der Waals surface area contributed by atoms with Gasteiger partial charge in [0.1, 0.15) is 0 Å². The van der Waals surface area contributed by atoms with Gasteiger partial charge in [0, 0.05) is 6.04 Å². The van der Waals surface area contributed by atoms with Gasteiger partial charge in [0.2, 0.25) is 0 Å². The van der Waals surface area contributed by atoms with Gasteiger partial charge in [-0.2, -0.15) is 0 Å². The molecule has 78 valence electrons. The zero-order valence-electron chi connectivity index (χ0n) is 7.47. The first kappa shape index (κ1) is 11.7. The van der Waals surface area contributed by atoms with Crippen LogP contribution in [0.1, 0.15) is 18.6 Å². The van der Waals surface area contributed by atoms with E-state index < -0.39 is 18.0 Å². The molecule has 0 aliphatic carbocycles.